The molecular weight excluding hydrogens is 388 g/mol. The van der Waals surface area contributed by atoms with Crippen LogP contribution in [0.3, 0.4) is 0 Å². The highest BCUT2D eigenvalue weighted by molar-refractivity contribution is 7.12. The molecule has 0 unspecified atom stereocenters. The van der Waals surface area contributed by atoms with Gasteiger partial charge in [0.1, 0.15) is 11.5 Å². The molecule has 3 aromatic rings. The Hall–Kier alpha value is -3.19. The highest BCUT2D eigenvalue weighted by atomic mass is 32.1. The number of rotatable bonds is 4. The normalized spacial score (nSPS) is 14.5. The monoisotopic (exact) mass is 408 g/mol. The highest BCUT2D eigenvalue weighted by Gasteiger charge is 2.29. The quantitative estimate of drug-likeness (QED) is 0.387. The molecule has 1 aliphatic carbocycles. The van der Waals surface area contributed by atoms with Crippen molar-refractivity contribution in [3.8, 4) is 5.75 Å². The fourth-order valence-electron chi connectivity index (χ4n) is 3.32. The zero-order chi connectivity index (χ0) is 20.4. The molecule has 148 valence electrons. The van der Waals surface area contributed by atoms with Crippen molar-refractivity contribution in [2.24, 2.45) is 5.10 Å². The second kappa shape index (κ2) is 8.05. The maximum absolute atomic E-state index is 12.6. The zero-order valence-electron chi connectivity index (χ0n) is 16.2. The Kier molecular flexibility index (Phi) is 5.31. The predicted molar refractivity (Wildman–Crippen MR) is 111 cm³/mol. The Labute approximate surface area is 172 Å². The summed E-state index contributed by atoms with van der Waals surface area (Å²) in [5, 5.41) is 6.16. The van der Waals surface area contributed by atoms with E-state index < -0.39 is 5.97 Å². The van der Waals surface area contributed by atoms with E-state index in [0.29, 0.717) is 40.5 Å². The van der Waals surface area contributed by atoms with Crippen LogP contribution in [0.25, 0.3) is 0 Å². The van der Waals surface area contributed by atoms with Gasteiger partial charge < -0.3 is 9.15 Å². The summed E-state index contributed by atoms with van der Waals surface area (Å²) < 4.78 is 11.3. The van der Waals surface area contributed by atoms with Gasteiger partial charge in [0.2, 0.25) is 5.76 Å². The first-order valence-electron chi connectivity index (χ1n) is 9.35. The largest absolute Gasteiger partial charge is 0.453 e. The molecule has 0 radical (unpaired) electrons. The van der Waals surface area contributed by atoms with Gasteiger partial charge in [-0.3, -0.25) is 4.79 Å². The molecule has 6 nitrogen and oxygen atoms in total. The Morgan fingerprint density at radius 1 is 1.14 bits per heavy atom. The van der Waals surface area contributed by atoms with Crippen molar-refractivity contribution in [3.63, 3.8) is 0 Å². The van der Waals surface area contributed by atoms with Crippen LogP contribution in [0.1, 0.15) is 55.5 Å². The predicted octanol–water partition coefficient (Wildman–Crippen LogP) is 4.65. The highest BCUT2D eigenvalue weighted by Crippen LogP contribution is 2.30. The smallest absolute Gasteiger partial charge is 0.379 e. The van der Waals surface area contributed by atoms with E-state index in [9.17, 15) is 9.59 Å². The van der Waals surface area contributed by atoms with Gasteiger partial charge in [0, 0.05) is 17.5 Å². The number of furan rings is 1. The average molecular weight is 408 g/mol. The maximum atomic E-state index is 12.6. The van der Waals surface area contributed by atoms with Crippen LogP contribution in [0.5, 0.6) is 5.75 Å². The van der Waals surface area contributed by atoms with Crippen molar-refractivity contribution in [3.05, 3.63) is 74.9 Å². The standard InChI is InChI=1S/C22H20N2O4S/c1-13-8-10-15(11-9-13)27-22(26)20-14(2)19-16(5-3-6-17(19)28-20)23-24-21(25)18-7-4-12-29-18/h4,7-12H,3,5-6H2,1-2H3,(H,24,25)/b23-16+. The zero-order valence-corrected chi connectivity index (χ0v) is 17.0. The van der Waals surface area contributed by atoms with E-state index in [-0.39, 0.29) is 11.7 Å². The fraction of sp³-hybridized carbons (Fsp3) is 0.227. The van der Waals surface area contributed by atoms with E-state index in [1.807, 2.05) is 37.4 Å². The number of nitrogens with one attached hydrogen (secondary N) is 1. The van der Waals surface area contributed by atoms with Crippen molar-refractivity contribution in [2.45, 2.75) is 33.1 Å². The number of hydrogen-bond donors (Lipinski definition) is 1. The summed E-state index contributed by atoms with van der Waals surface area (Å²) in [5.74, 6) is 0.553. The number of fused-ring (bicyclic) bond motifs is 1. The third-order valence-electron chi connectivity index (χ3n) is 4.78. The number of amides is 1. The van der Waals surface area contributed by atoms with E-state index in [2.05, 4.69) is 10.5 Å². The molecule has 29 heavy (non-hydrogen) atoms. The van der Waals surface area contributed by atoms with Crippen LogP contribution < -0.4 is 10.2 Å². The van der Waals surface area contributed by atoms with Crippen molar-refractivity contribution in [1.29, 1.82) is 0 Å². The lowest BCUT2D eigenvalue weighted by atomic mass is 9.93. The molecule has 1 aromatic carbocycles. The number of hydrogen-bond acceptors (Lipinski definition) is 6. The van der Waals surface area contributed by atoms with Gasteiger partial charge in [-0.05, 0) is 50.3 Å². The lowest BCUT2D eigenvalue weighted by Crippen LogP contribution is -2.21. The van der Waals surface area contributed by atoms with E-state index in [4.69, 9.17) is 9.15 Å². The third-order valence-corrected chi connectivity index (χ3v) is 5.65. The van der Waals surface area contributed by atoms with Gasteiger partial charge >= 0.3 is 5.97 Å². The van der Waals surface area contributed by atoms with Crippen LogP contribution in [0.4, 0.5) is 0 Å². The van der Waals surface area contributed by atoms with Crippen LogP contribution in [-0.4, -0.2) is 17.6 Å². The molecule has 1 N–H and O–H groups in total. The fourth-order valence-corrected chi connectivity index (χ4v) is 3.93. The molecule has 0 saturated heterocycles. The molecule has 2 aromatic heterocycles. The van der Waals surface area contributed by atoms with Gasteiger partial charge in [0.25, 0.3) is 5.91 Å². The summed E-state index contributed by atoms with van der Waals surface area (Å²) in [4.78, 5) is 25.4. The molecule has 2 heterocycles. The number of ether oxygens (including phenoxy) is 1. The van der Waals surface area contributed by atoms with Crippen LogP contribution >= 0.6 is 11.3 Å². The second-order valence-corrected chi connectivity index (χ2v) is 7.83. The Morgan fingerprint density at radius 2 is 1.93 bits per heavy atom. The van der Waals surface area contributed by atoms with Gasteiger partial charge in [0.15, 0.2) is 0 Å². The van der Waals surface area contributed by atoms with E-state index in [0.717, 1.165) is 17.5 Å². The number of benzene rings is 1. The minimum atomic E-state index is -0.539. The first-order chi connectivity index (χ1) is 14.0. The van der Waals surface area contributed by atoms with Crippen molar-refractivity contribution in [1.82, 2.24) is 5.43 Å². The van der Waals surface area contributed by atoms with Crippen LogP contribution in [-0.2, 0) is 6.42 Å². The Morgan fingerprint density at radius 3 is 2.66 bits per heavy atom. The van der Waals surface area contributed by atoms with Crippen LogP contribution in [0, 0.1) is 13.8 Å². The number of hydrazone groups is 1. The SMILES string of the molecule is Cc1ccc(OC(=O)c2oc3c(c2C)/C(=N/NC(=O)c2cccs2)CCC3)cc1. The topological polar surface area (TPSA) is 80.9 Å². The summed E-state index contributed by atoms with van der Waals surface area (Å²) in [7, 11) is 0. The number of carbonyl (C=O) groups is 2. The molecule has 0 aliphatic heterocycles. The number of thiophene rings is 1. The molecule has 1 amide bonds. The Bertz CT molecular complexity index is 1080. The van der Waals surface area contributed by atoms with Crippen LogP contribution in [0.15, 0.2) is 51.3 Å². The lowest BCUT2D eigenvalue weighted by molar-refractivity contribution is 0.0698. The van der Waals surface area contributed by atoms with Crippen molar-refractivity contribution < 1.29 is 18.7 Å². The van der Waals surface area contributed by atoms with Gasteiger partial charge in [-0.15, -0.1) is 11.3 Å². The summed E-state index contributed by atoms with van der Waals surface area (Å²) >= 11 is 1.36. The number of esters is 1. The van der Waals surface area contributed by atoms with Crippen molar-refractivity contribution in [2.75, 3.05) is 0 Å². The molecule has 0 saturated carbocycles. The van der Waals surface area contributed by atoms with E-state index in [1.54, 1.807) is 18.2 Å². The minimum absolute atomic E-state index is 0.176. The summed E-state index contributed by atoms with van der Waals surface area (Å²) in [6.45, 7) is 3.78. The number of aryl methyl sites for hydroxylation is 2. The van der Waals surface area contributed by atoms with Gasteiger partial charge in [-0.2, -0.15) is 5.10 Å². The third kappa shape index (κ3) is 4.00. The minimum Gasteiger partial charge on any atom is -0.453 e. The molecule has 0 atom stereocenters. The summed E-state index contributed by atoms with van der Waals surface area (Å²) in [6.07, 6.45) is 2.25. The summed E-state index contributed by atoms with van der Waals surface area (Å²) in [5.41, 5.74) is 5.88. The molecule has 0 spiro atoms. The van der Waals surface area contributed by atoms with Gasteiger partial charge in [0.05, 0.1) is 10.6 Å². The molecule has 1 aliphatic rings. The van der Waals surface area contributed by atoms with Gasteiger partial charge in [-0.25, -0.2) is 10.2 Å². The second-order valence-electron chi connectivity index (χ2n) is 6.89. The first kappa shape index (κ1) is 19.1. The lowest BCUT2D eigenvalue weighted by Gasteiger charge is -2.13. The maximum Gasteiger partial charge on any atom is 0.379 e. The molecular formula is C22H20N2O4S. The molecule has 4 rings (SSSR count). The van der Waals surface area contributed by atoms with E-state index in [1.165, 1.54) is 11.3 Å². The van der Waals surface area contributed by atoms with Crippen molar-refractivity contribution >= 4 is 28.9 Å². The Balaban J connectivity index is 1.57. The number of carbonyl (C=O) groups excluding carboxylic acids is 2. The van der Waals surface area contributed by atoms with Crippen LogP contribution in [0.2, 0.25) is 0 Å². The van der Waals surface area contributed by atoms with Gasteiger partial charge in [-0.1, -0.05) is 23.8 Å². The molecule has 0 bridgehead atoms. The first-order valence-corrected chi connectivity index (χ1v) is 10.2. The van der Waals surface area contributed by atoms with E-state index >= 15 is 0 Å². The number of nitrogens with zero attached hydrogens (tertiary/aromatic N) is 1. The molecule has 0 fully saturated rings. The molecule has 7 heteroatoms. The summed E-state index contributed by atoms with van der Waals surface area (Å²) in [6, 6.07) is 10.8. The average Bonchev–Trinajstić information content (AvgIpc) is 3.37.